The lowest BCUT2D eigenvalue weighted by atomic mass is 10.0. The SMILES string of the molecule is Oc1ccc(-c2ccc3ncc(N4CCN(CCCOc5ccccc5)CC4)nc3c2)cc1. The average Bonchev–Trinajstić information content (AvgIpc) is 2.87. The predicted molar refractivity (Wildman–Crippen MR) is 132 cm³/mol. The smallest absolute Gasteiger partial charge is 0.147 e. The van der Waals surface area contributed by atoms with Crippen LogP contribution in [0.1, 0.15) is 6.42 Å². The van der Waals surface area contributed by atoms with Crippen LogP contribution >= 0.6 is 0 Å². The van der Waals surface area contributed by atoms with Crippen LogP contribution in [0.4, 0.5) is 5.82 Å². The summed E-state index contributed by atoms with van der Waals surface area (Å²) in [7, 11) is 0. The molecule has 33 heavy (non-hydrogen) atoms. The van der Waals surface area contributed by atoms with Gasteiger partial charge >= 0.3 is 0 Å². The maximum absolute atomic E-state index is 9.54. The number of aromatic nitrogens is 2. The Morgan fingerprint density at radius 2 is 1.58 bits per heavy atom. The molecule has 1 aromatic heterocycles. The Morgan fingerprint density at radius 1 is 0.818 bits per heavy atom. The van der Waals surface area contributed by atoms with Crippen LogP contribution in [0.25, 0.3) is 22.2 Å². The van der Waals surface area contributed by atoms with Crippen LogP contribution in [-0.4, -0.2) is 59.3 Å². The third-order valence-electron chi connectivity index (χ3n) is 6.06. The van der Waals surface area contributed by atoms with Crippen molar-refractivity contribution in [3.63, 3.8) is 0 Å². The Kier molecular flexibility index (Phi) is 6.35. The van der Waals surface area contributed by atoms with E-state index in [1.165, 1.54) is 0 Å². The van der Waals surface area contributed by atoms with Gasteiger partial charge in [-0.1, -0.05) is 36.4 Å². The van der Waals surface area contributed by atoms with Crippen LogP contribution in [0, 0.1) is 0 Å². The van der Waals surface area contributed by atoms with Gasteiger partial charge in [0.15, 0.2) is 0 Å². The molecule has 1 aliphatic rings. The molecule has 0 radical (unpaired) electrons. The minimum Gasteiger partial charge on any atom is -0.508 e. The number of para-hydroxylation sites is 1. The van der Waals surface area contributed by atoms with Crippen molar-refractivity contribution in [3.8, 4) is 22.6 Å². The summed E-state index contributed by atoms with van der Waals surface area (Å²) in [5.41, 5.74) is 3.89. The first kappa shape index (κ1) is 21.2. The van der Waals surface area contributed by atoms with Crippen molar-refractivity contribution in [2.24, 2.45) is 0 Å². The number of anilines is 1. The van der Waals surface area contributed by atoms with E-state index < -0.39 is 0 Å². The molecule has 168 valence electrons. The fraction of sp³-hybridized carbons (Fsp3) is 0.259. The van der Waals surface area contributed by atoms with E-state index in [2.05, 4.69) is 20.9 Å². The maximum atomic E-state index is 9.54. The van der Waals surface area contributed by atoms with Gasteiger partial charge in [0.2, 0.25) is 0 Å². The lowest BCUT2D eigenvalue weighted by Crippen LogP contribution is -2.47. The topological polar surface area (TPSA) is 61.7 Å². The molecule has 0 unspecified atom stereocenters. The number of phenols is 1. The maximum Gasteiger partial charge on any atom is 0.147 e. The van der Waals surface area contributed by atoms with Gasteiger partial charge in [0.05, 0.1) is 23.8 Å². The molecule has 1 fully saturated rings. The minimum atomic E-state index is 0.268. The van der Waals surface area contributed by atoms with E-state index >= 15 is 0 Å². The third kappa shape index (κ3) is 5.23. The Bertz CT molecular complexity index is 1190. The second kappa shape index (κ2) is 9.88. The molecule has 5 rings (SSSR count). The van der Waals surface area contributed by atoms with E-state index in [0.29, 0.717) is 0 Å². The van der Waals surface area contributed by atoms with Gasteiger partial charge in [-0.2, -0.15) is 0 Å². The summed E-state index contributed by atoms with van der Waals surface area (Å²) in [5.74, 6) is 2.13. The molecule has 0 saturated carbocycles. The van der Waals surface area contributed by atoms with Crippen LogP contribution in [-0.2, 0) is 0 Å². The van der Waals surface area contributed by atoms with Gasteiger partial charge in [-0.25, -0.2) is 4.98 Å². The number of aromatic hydroxyl groups is 1. The highest BCUT2D eigenvalue weighted by molar-refractivity contribution is 5.82. The van der Waals surface area contributed by atoms with Gasteiger partial charge in [-0.15, -0.1) is 0 Å². The van der Waals surface area contributed by atoms with E-state index in [9.17, 15) is 5.11 Å². The Hall–Kier alpha value is -3.64. The summed E-state index contributed by atoms with van der Waals surface area (Å²) < 4.78 is 5.81. The second-order valence-corrected chi connectivity index (χ2v) is 8.32. The van der Waals surface area contributed by atoms with E-state index in [-0.39, 0.29) is 5.75 Å². The molecular formula is C27H28N4O2. The van der Waals surface area contributed by atoms with Gasteiger partial charge in [-0.3, -0.25) is 9.88 Å². The Labute approximate surface area is 194 Å². The quantitative estimate of drug-likeness (QED) is 0.424. The van der Waals surface area contributed by atoms with Crippen molar-refractivity contribution in [1.29, 1.82) is 0 Å². The third-order valence-corrected chi connectivity index (χ3v) is 6.06. The standard InChI is InChI=1S/C27H28N4O2/c32-23-10-7-21(8-11-23)22-9-12-25-26(19-22)29-27(20-28-25)31-16-14-30(15-17-31)13-4-18-33-24-5-2-1-3-6-24/h1-3,5-12,19-20,32H,4,13-18H2. The predicted octanol–water partition coefficient (Wildman–Crippen LogP) is 4.59. The van der Waals surface area contributed by atoms with E-state index in [1.54, 1.807) is 12.1 Å². The molecule has 3 aromatic carbocycles. The van der Waals surface area contributed by atoms with Crippen LogP contribution in [0.15, 0.2) is 79.0 Å². The number of ether oxygens (including phenoxy) is 1. The molecule has 1 aliphatic heterocycles. The molecule has 1 saturated heterocycles. The van der Waals surface area contributed by atoms with Gasteiger partial charge in [0, 0.05) is 32.7 Å². The fourth-order valence-electron chi connectivity index (χ4n) is 4.18. The van der Waals surface area contributed by atoms with E-state index in [4.69, 9.17) is 9.72 Å². The van der Waals surface area contributed by atoms with Crippen molar-refractivity contribution < 1.29 is 9.84 Å². The number of benzene rings is 3. The van der Waals surface area contributed by atoms with Crippen LogP contribution in [0.5, 0.6) is 11.5 Å². The summed E-state index contributed by atoms with van der Waals surface area (Å²) in [6.45, 7) is 5.69. The number of nitrogens with zero attached hydrogens (tertiary/aromatic N) is 4. The van der Waals surface area contributed by atoms with Crippen LogP contribution in [0.3, 0.4) is 0 Å². The van der Waals surface area contributed by atoms with Crippen molar-refractivity contribution in [3.05, 3.63) is 79.0 Å². The fourth-order valence-corrected chi connectivity index (χ4v) is 4.18. The number of hydrogen-bond donors (Lipinski definition) is 1. The zero-order valence-corrected chi connectivity index (χ0v) is 18.6. The normalized spacial score (nSPS) is 14.5. The molecule has 0 aliphatic carbocycles. The molecule has 1 N–H and O–H groups in total. The molecule has 0 amide bonds. The second-order valence-electron chi connectivity index (χ2n) is 8.32. The van der Waals surface area contributed by atoms with Gasteiger partial charge in [-0.05, 0) is 53.9 Å². The average molecular weight is 441 g/mol. The number of fused-ring (bicyclic) bond motifs is 1. The van der Waals surface area contributed by atoms with E-state index in [1.807, 2.05) is 60.8 Å². The zero-order chi connectivity index (χ0) is 22.5. The summed E-state index contributed by atoms with van der Waals surface area (Å²) in [6, 6.07) is 23.3. The summed E-state index contributed by atoms with van der Waals surface area (Å²) in [5, 5.41) is 9.54. The molecule has 0 spiro atoms. The largest absolute Gasteiger partial charge is 0.508 e. The van der Waals surface area contributed by atoms with Gasteiger partial charge in [0.25, 0.3) is 0 Å². The van der Waals surface area contributed by atoms with Crippen LogP contribution < -0.4 is 9.64 Å². The summed E-state index contributed by atoms with van der Waals surface area (Å²) in [6.07, 6.45) is 2.90. The molecule has 0 atom stereocenters. The monoisotopic (exact) mass is 440 g/mol. The molecule has 0 bridgehead atoms. The zero-order valence-electron chi connectivity index (χ0n) is 18.6. The van der Waals surface area contributed by atoms with Crippen molar-refractivity contribution in [1.82, 2.24) is 14.9 Å². The first-order chi connectivity index (χ1) is 16.2. The Morgan fingerprint density at radius 3 is 2.36 bits per heavy atom. The highest BCUT2D eigenvalue weighted by Gasteiger charge is 2.18. The van der Waals surface area contributed by atoms with Crippen molar-refractivity contribution in [2.75, 3.05) is 44.2 Å². The first-order valence-electron chi connectivity index (χ1n) is 11.5. The number of phenolic OH excluding ortho intramolecular Hbond substituents is 1. The highest BCUT2D eigenvalue weighted by Crippen LogP contribution is 2.26. The van der Waals surface area contributed by atoms with Gasteiger partial charge in [0.1, 0.15) is 17.3 Å². The molecule has 4 aromatic rings. The Balaban J connectivity index is 1.17. The van der Waals surface area contributed by atoms with Crippen LogP contribution in [0.2, 0.25) is 0 Å². The molecule has 2 heterocycles. The lowest BCUT2D eigenvalue weighted by molar-refractivity contribution is 0.224. The molecular weight excluding hydrogens is 412 g/mol. The van der Waals surface area contributed by atoms with Gasteiger partial charge < -0.3 is 14.7 Å². The lowest BCUT2D eigenvalue weighted by Gasteiger charge is -2.35. The van der Waals surface area contributed by atoms with Crippen molar-refractivity contribution in [2.45, 2.75) is 6.42 Å². The molecule has 6 nitrogen and oxygen atoms in total. The summed E-state index contributed by atoms with van der Waals surface area (Å²) in [4.78, 5) is 14.4. The molecule has 6 heteroatoms. The van der Waals surface area contributed by atoms with E-state index in [0.717, 1.165) is 79.5 Å². The minimum absolute atomic E-state index is 0.268. The number of hydrogen-bond acceptors (Lipinski definition) is 6. The first-order valence-corrected chi connectivity index (χ1v) is 11.5. The van der Waals surface area contributed by atoms with Crippen molar-refractivity contribution >= 4 is 16.9 Å². The number of piperazine rings is 1. The highest BCUT2D eigenvalue weighted by atomic mass is 16.5. The number of rotatable bonds is 7. The summed E-state index contributed by atoms with van der Waals surface area (Å²) >= 11 is 0.